The van der Waals surface area contributed by atoms with Gasteiger partial charge in [0.05, 0.1) is 6.26 Å². The van der Waals surface area contributed by atoms with Gasteiger partial charge < -0.3 is 4.90 Å². The minimum Gasteiger partial charge on any atom is -0.354 e. The molecule has 1 heterocycles. The first-order valence-corrected chi connectivity index (χ1v) is 7.67. The maximum atomic E-state index is 11.4. The van der Waals surface area contributed by atoms with Gasteiger partial charge >= 0.3 is 0 Å². The fourth-order valence-electron chi connectivity index (χ4n) is 2.02. The average Bonchev–Trinajstić information content (AvgIpc) is 2.38. The van der Waals surface area contributed by atoms with Crippen molar-refractivity contribution in [1.29, 1.82) is 5.41 Å². The second-order valence-electron chi connectivity index (χ2n) is 4.36. The van der Waals surface area contributed by atoms with E-state index < -0.39 is 10.0 Å². The molecule has 1 aromatic rings. The van der Waals surface area contributed by atoms with E-state index in [1.165, 1.54) is 10.6 Å². The van der Waals surface area contributed by atoms with Crippen molar-refractivity contribution >= 4 is 15.9 Å². The molecule has 0 atom stereocenters. The van der Waals surface area contributed by atoms with Gasteiger partial charge in [-0.05, 0) is 0 Å². The highest BCUT2D eigenvalue weighted by Gasteiger charge is 2.24. The van der Waals surface area contributed by atoms with Gasteiger partial charge in [0.1, 0.15) is 5.84 Å². The van der Waals surface area contributed by atoms with Crippen LogP contribution < -0.4 is 0 Å². The number of benzene rings is 1. The topological polar surface area (TPSA) is 64.5 Å². The molecular weight excluding hydrogens is 250 g/mol. The van der Waals surface area contributed by atoms with Crippen molar-refractivity contribution in [2.45, 2.75) is 0 Å². The van der Waals surface area contributed by atoms with E-state index in [4.69, 9.17) is 5.41 Å². The Morgan fingerprint density at radius 3 is 2.17 bits per heavy atom. The third-order valence-electron chi connectivity index (χ3n) is 3.07. The first kappa shape index (κ1) is 13.0. The smallest absolute Gasteiger partial charge is 0.211 e. The van der Waals surface area contributed by atoms with E-state index in [0.29, 0.717) is 32.0 Å². The van der Waals surface area contributed by atoms with Crippen LogP contribution in [0.4, 0.5) is 0 Å². The molecule has 0 spiro atoms. The normalized spacial score (nSPS) is 17.7. The van der Waals surface area contributed by atoms with Crippen LogP contribution in [-0.2, 0) is 10.0 Å². The fourth-order valence-corrected chi connectivity index (χ4v) is 2.85. The standard InChI is InChI=1S/C12H17N3O2S/c1-18(16,17)15-9-7-14(8-10-15)12(13)11-5-3-2-4-6-11/h2-6,13H,7-10H2,1H3. The number of amidine groups is 1. The summed E-state index contributed by atoms with van der Waals surface area (Å²) in [5.41, 5.74) is 0.866. The van der Waals surface area contributed by atoms with Crippen LogP contribution in [0.1, 0.15) is 5.56 Å². The summed E-state index contributed by atoms with van der Waals surface area (Å²) in [6.45, 7) is 2.05. The summed E-state index contributed by atoms with van der Waals surface area (Å²) in [6, 6.07) is 9.50. The molecule has 5 nitrogen and oxygen atoms in total. The Morgan fingerprint density at radius 1 is 1.11 bits per heavy atom. The number of nitrogens with one attached hydrogen (secondary N) is 1. The van der Waals surface area contributed by atoms with Crippen molar-refractivity contribution in [2.24, 2.45) is 0 Å². The predicted molar refractivity (Wildman–Crippen MR) is 71.3 cm³/mol. The average molecular weight is 267 g/mol. The summed E-state index contributed by atoms with van der Waals surface area (Å²) >= 11 is 0. The molecule has 2 rings (SSSR count). The number of hydrogen-bond acceptors (Lipinski definition) is 3. The molecule has 0 saturated carbocycles. The zero-order valence-electron chi connectivity index (χ0n) is 10.3. The number of piperazine rings is 1. The zero-order chi connectivity index (χ0) is 13.2. The summed E-state index contributed by atoms with van der Waals surface area (Å²) in [5.74, 6) is 0.462. The molecule has 1 N–H and O–H groups in total. The van der Waals surface area contributed by atoms with E-state index in [1.807, 2.05) is 35.2 Å². The SMILES string of the molecule is CS(=O)(=O)N1CCN(C(=N)c2ccccc2)CC1. The van der Waals surface area contributed by atoms with Gasteiger partial charge in [-0.3, -0.25) is 5.41 Å². The van der Waals surface area contributed by atoms with Crippen LogP contribution in [0, 0.1) is 5.41 Å². The lowest BCUT2D eigenvalue weighted by Gasteiger charge is -2.34. The molecule has 1 aliphatic rings. The quantitative estimate of drug-likeness (QED) is 0.630. The van der Waals surface area contributed by atoms with Crippen molar-refractivity contribution < 1.29 is 8.42 Å². The van der Waals surface area contributed by atoms with Crippen LogP contribution >= 0.6 is 0 Å². The Balaban J connectivity index is 2.01. The second kappa shape index (κ2) is 5.07. The van der Waals surface area contributed by atoms with Gasteiger partial charge in [-0.15, -0.1) is 0 Å². The molecule has 0 bridgehead atoms. The minimum absolute atomic E-state index is 0.452. The van der Waals surface area contributed by atoms with Crippen molar-refractivity contribution in [3.8, 4) is 0 Å². The molecular formula is C12H17N3O2S. The summed E-state index contributed by atoms with van der Waals surface area (Å²) < 4.78 is 24.2. The van der Waals surface area contributed by atoms with Crippen molar-refractivity contribution in [1.82, 2.24) is 9.21 Å². The Labute approximate surface area is 108 Å². The Hall–Kier alpha value is -1.40. The van der Waals surface area contributed by atoms with Gasteiger partial charge in [-0.1, -0.05) is 30.3 Å². The van der Waals surface area contributed by atoms with Crippen LogP contribution in [0.5, 0.6) is 0 Å². The van der Waals surface area contributed by atoms with Crippen LogP contribution in [0.25, 0.3) is 0 Å². The molecule has 6 heteroatoms. The van der Waals surface area contributed by atoms with Crippen LogP contribution in [0.3, 0.4) is 0 Å². The lowest BCUT2D eigenvalue weighted by molar-refractivity contribution is 0.266. The molecule has 1 fully saturated rings. The molecule has 1 aromatic carbocycles. The predicted octanol–water partition coefficient (Wildman–Crippen LogP) is 0.589. The number of rotatable bonds is 2. The van der Waals surface area contributed by atoms with Crippen LogP contribution in [0.15, 0.2) is 30.3 Å². The third-order valence-corrected chi connectivity index (χ3v) is 4.37. The van der Waals surface area contributed by atoms with Crippen LogP contribution in [-0.4, -0.2) is 55.9 Å². The molecule has 0 amide bonds. The highest BCUT2D eigenvalue weighted by molar-refractivity contribution is 7.88. The van der Waals surface area contributed by atoms with Crippen molar-refractivity contribution in [3.63, 3.8) is 0 Å². The molecule has 98 valence electrons. The van der Waals surface area contributed by atoms with E-state index in [0.717, 1.165) is 5.56 Å². The third kappa shape index (κ3) is 2.88. The lowest BCUT2D eigenvalue weighted by atomic mass is 10.2. The second-order valence-corrected chi connectivity index (χ2v) is 6.35. The van der Waals surface area contributed by atoms with Gasteiger partial charge in [0.2, 0.25) is 10.0 Å². The molecule has 1 aliphatic heterocycles. The van der Waals surface area contributed by atoms with Gasteiger partial charge in [0.25, 0.3) is 0 Å². The zero-order valence-corrected chi connectivity index (χ0v) is 11.2. The first-order valence-electron chi connectivity index (χ1n) is 5.82. The Kier molecular flexibility index (Phi) is 3.68. The van der Waals surface area contributed by atoms with Crippen LogP contribution in [0.2, 0.25) is 0 Å². The number of nitrogens with zero attached hydrogens (tertiary/aromatic N) is 2. The summed E-state index contributed by atoms with van der Waals surface area (Å²) in [6.07, 6.45) is 1.23. The molecule has 1 saturated heterocycles. The van der Waals surface area contributed by atoms with E-state index in [1.54, 1.807) is 0 Å². The van der Waals surface area contributed by atoms with E-state index in [2.05, 4.69) is 0 Å². The number of hydrogen-bond donors (Lipinski definition) is 1. The van der Waals surface area contributed by atoms with Gasteiger partial charge in [0, 0.05) is 31.7 Å². The van der Waals surface area contributed by atoms with Crippen molar-refractivity contribution in [3.05, 3.63) is 35.9 Å². The maximum absolute atomic E-state index is 11.4. The molecule has 18 heavy (non-hydrogen) atoms. The van der Waals surface area contributed by atoms with Gasteiger partial charge in [-0.25, -0.2) is 8.42 Å². The molecule has 0 aliphatic carbocycles. The fraction of sp³-hybridized carbons (Fsp3) is 0.417. The summed E-state index contributed by atoms with van der Waals surface area (Å²) in [4.78, 5) is 1.91. The van der Waals surface area contributed by atoms with E-state index in [-0.39, 0.29) is 0 Å². The lowest BCUT2D eigenvalue weighted by Crippen LogP contribution is -2.50. The highest BCUT2D eigenvalue weighted by atomic mass is 32.2. The van der Waals surface area contributed by atoms with Crippen molar-refractivity contribution in [2.75, 3.05) is 32.4 Å². The Morgan fingerprint density at radius 2 is 1.67 bits per heavy atom. The molecule has 0 unspecified atom stereocenters. The van der Waals surface area contributed by atoms with E-state index in [9.17, 15) is 8.42 Å². The largest absolute Gasteiger partial charge is 0.354 e. The summed E-state index contributed by atoms with van der Waals surface area (Å²) in [5, 5.41) is 8.10. The number of sulfonamides is 1. The van der Waals surface area contributed by atoms with E-state index >= 15 is 0 Å². The highest BCUT2D eigenvalue weighted by Crippen LogP contribution is 2.10. The monoisotopic (exact) mass is 267 g/mol. The molecule has 0 radical (unpaired) electrons. The van der Waals surface area contributed by atoms with Gasteiger partial charge in [0.15, 0.2) is 0 Å². The first-order chi connectivity index (χ1) is 8.48. The maximum Gasteiger partial charge on any atom is 0.211 e. The molecule has 0 aromatic heterocycles. The summed E-state index contributed by atoms with van der Waals surface area (Å²) in [7, 11) is -3.10. The minimum atomic E-state index is -3.10. The Bertz CT molecular complexity index is 520. The van der Waals surface area contributed by atoms with Gasteiger partial charge in [-0.2, -0.15) is 4.31 Å².